The van der Waals surface area contributed by atoms with Crippen LogP contribution in [-0.2, 0) is 21.7 Å². The van der Waals surface area contributed by atoms with E-state index >= 15 is 0 Å². The van der Waals surface area contributed by atoms with Gasteiger partial charge in [0.2, 0.25) is 0 Å². The smallest absolute Gasteiger partial charge is 0.405 e. The normalized spacial score (nSPS) is 15.7. The Balaban J connectivity index is 1.82. The molecular weight excluding hydrogens is 416 g/mol. The van der Waals surface area contributed by atoms with Gasteiger partial charge in [0.1, 0.15) is 22.9 Å². The molecule has 0 unspecified atom stereocenters. The molecule has 1 heterocycles. The Morgan fingerprint density at radius 2 is 1.94 bits per heavy atom. The third-order valence-corrected chi connectivity index (χ3v) is 5.05. The Labute approximate surface area is 178 Å². The van der Waals surface area contributed by atoms with E-state index < -0.39 is 17.8 Å². The molecule has 2 aromatic carbocycles. The molecule has 1 saturated heterocycles. The van der Waals surface area contributed by atoms with Crippen LogP contribution in [0, 0.1) is 12.7 Å². The average Bonchev–Trinajstić information content (AvgIpc) is 2.68. The highest BCUT2D eigenvalue weighted by molar-refractivity contribution is 5.62. The molecule has 0 bridgehead atoms. The quantitative estimate of drug-likeness (QED) is 0.326. The fraction of sp³-hybridized carbons (Fsp3) is 0.409. The Bertz CT molecular complexity index is 943. The number of hydrogen-bond acceptors (Lipinski definition) is 4. The maximum atomic E-state index is 14.7. The maximum Gasteiger partial charge on any atom is 0.573 e. The second-order valence-corrected chi connectivity index (χ2v) is 7.37. The molecule has 1 fully saturated rings. The second-order valence-electron chi connectivity index (χ2n) is 7.37. The Morgan fingerprint density at radius 1 is 1.23 bits per heavy atom. The highest BCUT2D eigenvalue weighted by Crippen LogP contribution is 2.39. The van der Waals surface area contributed by atoms with Crippen molar-refractivity contribution in [1.82, 2.24) is 4.90 Å². The summed E-state index contributed by atoms with van der Waals surface area (Å²) < 4.78 is 68.1. The summed E-state index contributed by atoms with van der Waals surface area (Å²) in [6, 6.07) is 8.73. The minimum absolute atomic E-state index is 0.155. The SMILES string of the molecule is CCN(C)C=Nc1cc(C)c(C2(OCc3ccccc3OC(F)(F)F)COC2)cc1F. The zero-order chi connectivity index (χ0) is 22.6. The van der Waals surface area contributed by atoms with E-state index in [2.05, 4.69) is 9.73 Å². The zero-order valence-electron chi connectivity index (χ0n) is 17.5. The number of alkyl halides is 3. The summed E-state index contributed by atoms with van der Waals surface area (Å²) in [5.74, 6) is -0.852. The van der Waals surface area contributed by atoms with Crippen molar-refractivity contribution < 1.29 is 31.8 Å². The van der Waals surface area contributed by atoms with E-state index in [1.54, 1.807) is 18.5 Å². The molecule has 0 aliphatic carbocycles. The van der Waals surface area contributed by atoms with Crippen molar-refractivity contribution in [2.45, 2.75) is 32.4 Å². The van der Waals surface area contributed by atoms with Gasteiger partial charge in [0.05, 0.1) is 26.2 Å². The topological polar surface area (TPSA) is 43.3 Å². The van der Waals surface area contributed by atoms with Crippen molar-refractivity contribution in [2.24, 2.45) is 4.99 Å². The van der Waals surface area contributed by atoms with Crippen LogP contribution in [0.3, 0.4) is 0 Å². The van der Waals surface area contributed by atoms with Gasteiger partial charge in [0, 0.05) is 19.2 Å². The van der Waals surface area contributed by atoms with Crippen LogP contribution in [-0.4, -0.2) is 44.4 Å². The number of benzene rings is 2. The van der Waals surface area contributed by atoms with Crippen LogP contribution in [0.25, 0.3) is 0 Å². The fourth-order valence-electron chi connectivity index (χ4n) is 3.17. The molecule has 1 aliphatic rings. The van der Waals surface area contributed by atoms with Crippen molar-refractivity contribution >= 4 is 12.0 Å². The number of halogens is 4. The first-order valence-electron chi connectivity index (χ1n) is 9.74. The van der Waals surface area contributed by atoms with Gasteiger partial charge in [0.25, 0.3) is 0 Å². The Morgan fingerprint density at radius 3 is 2.55 bits per heavy atom. The minimum Gasteiger partial charge on any atom is -0.405 e. The molecule has 168 valence electrons. The highest BCUT2D eigenvalue weighted by Gasteiger charge is 2.43. The molecule has 0 amide bonds. The molecule has 0 N–H and O–H groups in total. The molecule has 9 heteroatoms. The van der Waals surface area contributed by atoms with Crippen LogP contribution in [0.4, 0.5) is 23.2 Å². The lowest BCUT2D eigenvalue weighted by Gasteiger charge is -2.42. The molecule has 31 heavy (non-hydrogen) atoms. The minimum atomic E-state index is -4.81. The van der Waals surface area contributed by atoms with Crippen LogP contribution in [0.1, 0.15) is 23.6 Å². The zero-order valence-corrected chi connectivity index (χ0v) is 17.5. The number of nitrogens with zero attached hydrogens (tertiary/aromatic N) is 2. The van der Waals surface area contributed by atoms with E-state index in [1.807, 2.05) is 25.8 Å². The lowest BCUT2D eigenvalue weighted by molar-refractivity contribution is -0.275. The van der Waals surface area contributed by atoms with Crippen LogP contribution in [0.15, 0.2) is 41.4 Å². The standard InChI is InChI=1S/C22H24F4N2O3/c1-4-28(3)14-27-19-9-15(2)17(10-18(19)23)21(12-29-13-21)30-11-16-7-5-6-8-20(16)31-22(24,25)26/h5-10,14H,4,11-13H2,1-3H3. The molecule has 0 radical (unpaired) electrons. The first kappa shape index (κ1) is 23.0. The third kappa shape index (κ3) is 5.54. The van der Waals surface area contributed by atoms with Gasteiger partial charge in [-0.25, -0.2) is 9.38 Å². The number of aliphatic imine (C=N–C) groups is 1. The molecule has 3 rings (SSSR count). The van der Waals surface area contributed by atoms with Gasteiger partial charge in [0.15, 0.2) is 0 Å². The summed E-state index contributed by atoms with van der Waals surface area (Å²) in [5, 5.41) is 0. The molecule has 0 aromatic heterocycles. The van der Waals surface area contributed by atoms with Crippen molar-refractivity contribution in [1.29, 1.82) is 0 Å². The summed E-state index contributed by atoms with van der Waals surface area (Å²) >= 11 is 0. The van der Waals surface area contributed by atoms with Gasteiger partial charge in [-0.3, -0.25) is 0 Å². The Kier molecular flexibility index (Phi) is 6.86. The van der Waals surface area contributed by atoms with Crippen molar-refractivity contribution in [3.8, 4) is 5.75 Å². The van der Waals surface area contributed by atoms with Gasteiger partial charge in [-0.05, 0) is 43.2 Å². The second kappa shape index (κ2) is 9.23. The van der Waals surface area contributed by atoms with Gasteiger partial charge in [-0.1, -0.05) is 18.2 Å². The van der Waals surface area contributed by atoms with E-state index in [4.69, 9.17) is 9.47 Å². The van der Waals surface area contributed by atoms with E-state index in [0.29, 0.717) is 5.56 Å². The summed E-state index contributed by atoms with van der Waals surface area (Å²) in [4.78, 5) is 5.99. The maximum absolute atomic E-state index is 14.7. The van der Waals surface area contributed by atoms with Crippen molar-refractivity contribution in [2.75, 3.05) is 26.8 Å². The van der Waals surface area contributed by atoms with Crippen LogP contribution in [0.2, 0.25) is 0 Å². The monoisotopic (exact) mass is 440 g/mol. The first-order valence-corrected chi connectivity index (χ1v) is 9.74. The molecule has 0 spiro atoms. The highest BCUT2D eigenvalue weighted by atomic mass is 19.4. The van der Waals surface area contributed by atoms with E-state index in [-0.39, 0.29) is 36.8 Å². The largest absolute Gasteiger partial charge is 0.573 e. The van der Waals surface area contributed by atoms with E-state index in [0.717, 1.165) is 12.1 Å². The number of rotatable bonds is 8. The number of ether oxygens (including phenoxy) is 3. The molecular formula is C22H24F4N2O3. The van der Waals surface area contributed by atoms with Crippen molar-refractivity contribution in [3.63, 3.8) is 0 Å². The molecule has 0 saturated carbocycles. The number of hydrogen-bond donors (Lipinski definition) is 0. The lowest BCUT2D eigenvalue weighted by atomic mass is 9.87. The van der Waals surface area contributed by atoms with Gasteiger partial charge in [-0.2, -0.15) is 0 Å². The average molecular weight is 440 g/mol. The van der Waals surface area contributed by atoms with E-state index in [9.17, 15) is 17.6 Å². The van der Waals surface area contributed by atoms with Crippen molar-refractivity contribution in [3.05, 3.63) is 58.9 Å². The number of para-hydroxylation sites is 1. The summed E-state index contributed by atoms with van der Waals surface area (Å²) in [7, 11) is 1.83. The fourth-order valence-corrected chi connectivity index (χ4v) is 3.17. The molecule has 2 aromatic rings. The van der Waals surface area contributed by atoms with Crippen LogP contribution < -0.4 is 4.74 Å². The van der Waals surface area contributed by atoms with Gasteiger partial charge in [-0.15, -0.1) is 13.2 Å². The number of aryl methyl sites for hydroxylation is 1. The van der Waals surface area contributed by atoms with Crippen LogP contribution >= 0.6 is 0 Å². The summed E-state index contributed by atoms with van der Waals surface area (Å²) in [5.41, 5.74) is 0.789. The molecule has 5 nitrogen and oxygen atoms in total. The van der Waals surface area contributed by atoms with E-state index in [1.165, 1.54) is 24.3 Å². The lowest BCUT2D eigenvalue weighted by Crippen LogP contribution is -2.49. The van der Waals surface area contributed by atoms with Gasteiger partial charge < -0.3 is 19.1 Å². The predicted octanol–water partition coefficient (Wildman–Crippen LogP) is 5.09. The summed E-state index contributed by atoms with van der Waals surface area (Å²) in [6.45, 7) is 4.66. The first-order chi connectivity index (χ1) is 14.6. The third-order valence-electron chi connectivity index (χ3n) is 5.05. The van der Waals surface area contributed by atoms with Crippen LogP contribution in [0.5, 0.6) is 5.75 Å². The predicted molar refractivity (Wildman–Crippen MR) is 108 cm³/mol. The summed E-state index contributed by atoms with van der Waals surface area (Å²) in [6.07, 6.45) is -3.26. The Hall–Kier alpha value is -2.65. The van der Waals surface area contributed by atoms with Gasteiger partial charge >= 0.3 is 6.36 Å². The molecule has 1 aliphatic heterocycles. The molecule has 0 atom stereocenters.